The maximum absolute atomic E-state index is 12.7. The van der Waals surface area contributed by atoms with Crippen molar-refractivity contribution in [3.63, 3.8) is 0 Å². The molecule has 0 radical (unpaired) electrons. The van der Waals surface area contributed by atoms with Gasteiger partial charge in [0.1, 0.15) is 5.75 Å². The van der Waals surface area contributed by atoms with E-state index in [0.717, 1.165) is 45.8 Å². The number of benzene rings is 1. The number of aryl methyl sites for hydroxylation is 1. The zero-order chi connectivity index (χ0) is 19.6. The number of hydrogen-bond donors (Lipinski definition) is 0. The van der Waals surface area contributed by atoms with Gasteiger partial charge in [-0.3, -0.25) is 4.79 Å². The smallest absolute Gasteiger partial charge is 0.191 e. The molecule has 142 valence electrons. The maximum atomic E-state index is 12.7. The first-order chi connectivity index (χ1) is 13.0. The zero-order valence-electron chi connectivity index (χ0n) is 16.3. The molecule has 0 aliphatic rings. The summed E-state index contributed by atoms with van der Waals surface area (Å²) in [5.74, 6) is 2.01. The van der Waals surface area contributed by atoms with Crippen molar-refractivity contribution in [3.05, 3.63) is 47.3 Å². The molecule has 27 heavy (non-hydrogen) atoms. The van der Waals surface area contributed by atoms with Gasteiger partial charge in [0.05, 0.1) is 12.9 Å². The Morgan fingerprint density at radius 1 is 1.19 bits per heavy atom. The lowest BCUT2D eigenvalue weighted by Gasteiger charge is -2.06. The Hall–Kier alpha value is -2.54. The largest absolute Gasteiger partial charge is 0.497 e. The fourth-order valence-corrected chi connectivity index (χ4v) is 4.00. The summed E-state index contributed by atoms with van der Waals surface area (Å²) in [4.78, 5) is 12.7. The normalized spacial score (nSPS) is 11.0. The minimum absolute atomic E-state index is 0.113. The predicted octanol–water partition coefficient (Wildman–Crippen LogP) is 3.90. The summed E-state index contributed by atoms with van der Waals surface area (Å²) in [6.07, 6.45) is 0. The SMILES string of the molecule is CCn1c(C)cc(C(=O)CSc2nnc(-c3ccc(OC)cc3)n2C)c1C. The highest BCUT2D eigenvalue weighted by Gasteiger charge is 2.17. The Bertz CT molecular complexity index is 957. The second-order valence-corrected chi connectivity index (χ2v) is 7.28. The third-order valence-corrected chi connectivity index (χ3v) is 5.73. The van der Waals surface area contributed by atoms with Gasteiger partial charge >= 0.3 is 0 Å². The Kier molecular flexibility index (Phi) is 5.70. The van der Waals surface area contributed by atoms with Crippen LogP contribution in [0, 0.1) is 13.8 Å². The number of carbonyl (C=O) groups is 1. The molecule has 0 N–H and O–H groups in total. The van der Waals surface area contributed by atoms with Crippen molar-refractivity contribution in [2.24, 2.45) is 7.05 Å². The third-order valence-electron chi connectivity index (χ3n) is 4.71. The Morgan fingerprint density at radius 3 is 2.48 bits per heavy atom. The van der Waals surface area contributed by atoms with E-state index in [1.54, 1.807) is 7.11 Å². The van der Waals surface area contributed by atoms with Gasteiger partial charge in [-0.2, -0.15) is 0 Å². The fraction of sp³-hybridized carbons (Fsp3) is 0.350. The fourth-order valence-electron chi connectivity index (χ4n) is 3.21. The van der Waals surface area contributed by atoms with E-state index in [1.165, 1.54) is 11.8 Å². The van der Waals surface area contributed by atoms with E-state index in [2.05, 4.69) is 21.7 Å². The number of aromatic nitrogens is 4. The van der Waals surface area contributed by atoms with Gasteiger partial charge in [-0.1, -0.05) is 11.8 Å². The minimum atomic E-state index is 0.113. The van der Waals surface area contributed by atoms with E-state index in [1.807, 2.05) is 55.8 Å². The van der Waals surface area contributed by atoms with E-state index >= 15 is 0 Å². The molecule has 2 aromatic heterocycles. The molecule has 0 saturated carbocycles. The summed E-state index contributed by atoms with van der Waals surface area (Å²) in [5, 5.41) is 9.25. The molecule has 2 heterocycles. The Labute approximate surface area is 163 Å². The van der Waals surface area contributed by atoms with Gasteiger partial charge in [-0.25, -0.2) is 0 Å². The van der Waals surface area contributed by atoms with Crippen LogP contribution in [0.5, 0.6) is 5.75 Å². The second kappa shape index (κ2) is 8.00. The summed E-state index contributed by atoms with van der Waals surface area (Å²) in [7, 11) is 3.55. The van der Waals surface area contributed by atoms with Crippen LogP contribution in [-0.2, 0) is 13.6 Å². The molecule has 0 unspecified atom stereocenters. The van der Waals surface area contributed by atoms with Gasteiger partial charge in [0.2, 0.25) is 0 Å². The number of ketones is 1. The van der Waals surface area contributed by atoms with E-state index in [9.17, 15) is 4.79 Å². The molecule has 0 fully saturated rings. The number of Topliss-reactive ketones (excluding diaryl/α,β-unsaturated/α-hetero) is 1. The average molecular weight is 385 g/mol. The first-order valence-corrected chi connectivity index (χ1v) is 9.81. The number of rotatable bonds is 7. The molecular formula is C20H24N4O2S. The van der Waals surface area contributed by atoms with Crippen LogP contribution in [0.3, 0.4) is 0 Å². The number of carbonyl (C=O) groups excluding carboxylic acids is 1. The average Bonchev–Trinajstić information content (AvgIpc) is 3.18. The lowest BCUT2D eigenvalue weighted by molar-refractivity contribution is 0.102. The van der Waals surface area contributed by atoms with Crippen molar-refractivity contribution in [1.29, 1.82) is 0 Å². The van der Waals surface area contributed by atoms with Crippen molar-refractivity contribution >= 4 is 17.5 Å². The highest BCUT2D eigenvalue weighted by molar-refractivity contribution is 7.99. The summed E-state index contributed by atoms with van der Waals surface area (Å²) in [5.41, 5.74) is 3.89. The summed E-state index contributed by atoms with van der Waals surface area (Å²) in [6.45, 7) is 6.98. The van der Waals surface area contributed by atoms with Crippen molar-refractivity contribution in [1.82, 2.24) is 19.3 Å². The highest BCUT2D eigenvalue weighted by Crippen LogP contribution is 2.25. The van der Waals surface area contributed by atoms with Gasteiger partial charge in [0.25, 0.3) is 0 Å². The van der Waals surface area contributed by atoms with E-state index in [0.29, 0.717) is 5.75 Å². The van der Waals surface area contributed by atoms with Crippen molar-refractivity contribution in [2.75, 3.05) is 12.9 Å². The van der Waals surface area contributed by atoms with Crippen LogP contribution in [0.4, 0.5) is 0 Å². The van der Waals surface area contributed by atoms with Crippen molar-refractivity contribution in [2.45, 2.75) is 32.5 Å². The molecule has 6 nitrogen and oxygen atoms in total. The van der Waals surface area contributed by atoms with Gasteiger partial charge in [0.15, 0.2) is 16.8 Å². The first kappa shape index (κ1) is 19.2. The number of methoxy groups -OCH3 is 1. The molecule has 0 aliphatic heterocycles. The maximum Gasteiger partial charge on any atom is 0.191 e. The molecule has 3 rings (SSSR count). The molecule has 0 saturated heterocycles. The van der Waals surface area contributed by atoms with E-state index < -0.39 is 0 Å². The van der Waals surface area contributed by atoms with Gasteiger partial charge in [-0.15, -0.1) is 10.2 Å². The molecule has 7 heteroatoms. The van der Waals surface area contributed by atoms with Crippen LogP contribution in [0.25, 0.3) is 11.4 Å². The minimum Gasteiger partial charge on any atom is -0.497 e. The standard InChI is InChI=1S/C20H24N4O2S/c1-6-24-13(2)11-17(14(24)3)18(25)12-27-20-22-21-19(23(20)4)15-7-9-16(26-5)10-8-15/h7-11H,6,12H2,1-5H3. The number of nitrogens with zero attached hydrogens (tertiary/aromatic N) is 4. The molecule has 0 atom stereocenters. The topological polar surface area (TPSA) is 61.9 Å². The van der Waals surface area contributed by atoms with Crippen molar-refractivity contribution in [3.8, 4) is 17.1 Å². The van der Waals surface area contributed by atoms with Crippen LogP contribution in [-0.4, -0.2) is 38.0 Å². The molecule has 0 aliphatic carbocycles. The van der Waals surface area contributed by atoms with E-state index in [-0.39, 0.29) is 5.78 Å². The number of hydrogen-bond acceptors (Lipinski definition) is 5. The van der Waals surface area contributed by atoms with Gasteiger partial charge in [-0.05, 0) is 51.1 Å². The van der Waals surface area contributed by atoms with Gasteiger partial charge in [0, 0.05) is 36.1 Å². The zero-order valence-corrected chi connectivity index (χ0v) is 17.1. The number of ether oxygens (including phenoxy) is 1. The van der Waals surface area contributed by atoms with Crippen LogP contribution in [0.15, 0.2) is 35.5 Å². The Morgan fingerprint density at radius 2 is 1.89 bits per heavy atom. The highest BCUT2D eigenvalue weighted by atomic mass is 32.2. The summed E-state index contributed by atoms with van der Waals surface area (Å²) >= 11 is 1.41. The van der Waals surface area contributed by atoms with E-state index in [4.69, 9.17) is 4.74 Å². The summed E-state index contributed by atoms with van der Waals surface area (Å²) < 4.78 is 9.26. The molecule has 0 bridgehead atoms. The lowest BCUT2D eigenvalue weighted by atomic mass is 10.2. The monoisotopic (exact) mass is 384 g/mol. The third kappa shape index (κ3) is 3.78. The predicted molar refractivity (Wildman–Crippen MR) is 108 cm³/mol. The van der Waals surface area contributed by atoms with Crippen LogP contribution >= 0.6 is 11.8 Å². The van der Waals surface area contributed by atoms with Crippen LogP contribution in [0.1, 0.15) is 28.7 Å². The quantitative estimate of drug-likeness (QED) is 0.457. The molecular weight excluding hydrogens is 360 g/mol. The Balaban J connectivity index is 1.73. The molecule has 0 spiro atoms. The second-order valence-electron chi connectivity index (χ2n) is 6.33. The van der Waals surface area contributed by atoms with Crippen molar-refractivity contribution < 1.29 is 9.53 Å². The first-order valence-electron chi connectivity index (χ1n) is 8.82. The molecule has 0 amide bonds. The van der Waals surface area contributed by atoms with Crippen LogP contribution < -0.4 is 4.74 Å². The number of thioether (sulfide) groups is 1. The summed E-state index contributed by atoms with van der Waals surface area (Å²) in [6, 6.07) is 9.65. The van der Waals surface area contributed by atoms with Gasteiger partial charge < -0.3 is 13.9 Å². The molecule has 1 aromatic carbocycles. The molecule has 3 aromatic rings. The van der Waals surface area contributed by atoms with Crippen LogP contribution in [0.2, 0.25) is 0 Å². The lowest BCUT2D eigenvalue weighted by Crippen LogP contribution is -2.06.